The van der Waals surface area contributed by atoms with E-state index < -0.39 is 0 Å². The molecule has 5 nitrogen and oxygen atoms in total. The van der Waals surface area contributed by atoms with Crippen LogP contribution in [-0.2, 0) is 6.54 Å². The number of hydrogen-bond acceptors (Lipinski definition) is 2. The Morgan fingerprint density at radius 3 is 2.94 bits per heavy atom. The van der Waals surface area contributed by atoms with Gasteiger partial charge >= 0.3 is 0 Å². The van der Waals surface area contributed by atoms with Gasteiger partial charge in [0.05, 0.1) is 6.33 Å². The van der Waals surface area contributed by atoms with Gasteiger partial charge in [-0.3, -0.25) is 4.99 Å². The number of nitrogens with one attached hydrogen (secondary N) is 2. The molecule has 17 heavy (non-hydrogen) atoms. The van der Waals surface area contributed by atoms with Crippen LogP contribution in [0, 0.1) is 0 Å². The predicted octanol–water partition coefficient (Wildman–Crippen LogP) is 0.991. The molecule has 94 valence electrons. The van der Waals surface area contributed by atoms with Crippen LogP contribution >= 0.6 is 0 Å². The molecule has 0 unspecified atom stereocenters. The Balaban J connectivity index is 1.68. The molecule has 0 amide bonds. The lowest BCUT2D eigenvalue weighted by atomic mass is 10.2. The van der Waals surface area contributed by atoms with Gasteiger partial charge in [0.15, 0.2) is 5.96 Å². The standard InChI is InChI=1S/C12H21N5/c1-13-12(16-11-4-2-3-5-11)15-7-9-17-8-6-14-10-17/h6,8,10-11H,2-5,7,9H2,1H3,(H2,13,15,16). The normalized spacial score (nSPS) is 17.4. The fraction of sp³-hybridized carbons (Fsp3) is 0.667. The van der Waals surface area contributed by atoms with E-state index in [1.54, 1.807) is 6.20 Å². The summed E-state index contributed by atoms with van der Waals surface area (Å²) in [5.74, 6) is 0.914. The first-order chi connectivity index (χ1) is 8.38. The van der Waals surface area contributed by atoms with E-state index in [-0.39, 0.29) is 0 Å². The first-order valence-corrected chi connectivity index (χ1v) is 6.31. The Morgan fingerprint density at radius 2 is 2.29 bits per heavy atom. The van der Waals surface area contributed by atoms with Crippen LogP contribution in [0.4, 0.5) is 0 Å². The second-order valence-corrected chi connectivity index (χ2v) is 4.43. The van der Waals surface area contributed by atoms with Crippen molar-refractivity contribution in [2.24, 2.45) is 4.99 Å². The second-order valence-electron chi connectivity index (χ2n) is 4.43. The number of nitrogens with zero attached hydrogens (tertiary/aromatic N) is 3. The summed E-state index contributed by atoms with van der Waals surface area (Å²) in [5.41, 5.74) is 0. The molecule has 5 heteroatoms. The smallest absolute Gasteiger partial charge is 0.191 e. The van der Waals surface area contributed by atoms with Gasteiger partial charge in [-0.25, -0.2) is 4.98 Å². The number of imidazole rings is 1. The van der Waals surface area contributed by atoms with Crippen molar-refractivity contribution in [3.8, 4) is 0 Å². The Labute approximate surface area is 102 Å². The third-order valence-corrected chi connectivity index (χ3v) is 3.14. The fourth-order valence-corrected chi connectivity index (χ4v) is 2.18. The van der Waals surface area contributed by atoms with Gasteiger partial charge < -0.3 is 15.2 Å². The van der Waals surface area contributed by atoms with E-state index in [9.17, 15) is 0 Å². The van der Waals surface area contributed by atoms with Crippen LogP contribution in [0.1, 0.15) is 25.7 Å². The van der Waals surface area contributed by atoms with E-state index in [2.05, 4.69) is 25.2 Å². The molecule has 0 saturated heterocycles. The van der Waals surface area contributed by atoms with Gasteiger partial charge in [-0.05, 0) is 12.8 Å². The zero-order valence-electron chi connectivity index (χ0n) is 10.4. The zero-order valence-corrected chi connectivity index (χ0v) is 10.4. The summed E-state index contributed by atoms with van der Waals surface area (Å²) in [6.45, 7) is 1.77. The molecule has 0 aromatic carbocycles. The lowest BCUT2D eigenvalue weighted by molar-refractivity contribution is 0.601. The summed E-state index contributed by atoms with van der Waals surface area (Å²) >= 11 is 0. The molecule has 1 aliphatic carbocycles. The molecule has 1 aliphatic rings. The minimum absolute atomic E-state index is 0.606. The average molecular weight is 235 g/mol. The third kappa shape index (κ3) is 3.76. The maximum absolute atomic E-state index is 4.24. The van der Waals surface area contributed by atoms with E-state index >= 15 is 0 Å². The van der Waals surface area contributed by atoms with Gasteiger partial charge in [-0.15, -0.1) is 0 Å². The molecule has 0 aliphatic heterocycles. The topological polar surface area (TPSA) is 54.2 Å². The molecule has 0 bridgehead atoms. The predicted molar refractivity (Wildman–Crippen MR) is 69.0 cm³/mol. The highest BCUT2D eigenvalue weighted by molar-refractivity contribution is 5.79. The van der Waals surface area contributed by atoms with E-state index in [1.165, 1.54) is 25.7 Å². The monoisotopic (exact) mass is 235 g/mol. The van der Waals surface area contributed by atoms with E-state index in [4.69, 9.17) is 0 Å². The van der Waals surface area contributed by atoms with Crippen LogP contribution < -0.4 is 10.6 Å². The summed E-state index contributed by atoms with van der Waals surface area (Å²) in [7, 11) is 1.82. The lowest BCUT2D eigenvalue weighted by Gasteiger charge is -2.16. The molecule has 1 heterocycles. The molecule has 2 N–H and O–H groups in total. The van der Waals surface area contributed by atoms with Crippen molar-refractivity contribution in [1.29, 1.82) is 0 Å². The number of aromatic nitrogens is 2. The highest BCUT2D eigenvalue weighted by Crippen LogP contribution is 2.17. The van der Waals surface area contributed by atoms with E-state index in [1.807, 2.05) is 19.6 Å². The van der Waals surface area contributed by atoms with Crippen LogP contribution in [0.2, 0.25) is 0 Å². The molecule has 1 aromatic rings. The van der Waals surface area contributed by atoms with E-state index in [0.29, 0.717) is 6.04 Å². The van der Waals surface area contributed by atoms with Crippen LogP contribution in [0.3, 0.4) is 0 Å². The van der Waals surface area contributed by atoms with Crippen molar-refractivity contribution in [1.82, 2.24) is 20.2 Å². The van der Waals surface area contributed by atoms with E-state index in [0.717, 1.165) is 19.0 Å². The lowest BCUT2D eigenvalue weighted by Crippen LogP contribution is -2.43. The van der Waals surface area contributed by atoms with Crippen LogP contribution in [0.15, 0.2) is 23.7 Å². The first kappa shape index (κ1) is 12.0. The summed E-state index contributed by atoms with van der Waals surface area (Å²) in [5, 5.41) is 6.78. The Morgan fingerprint density at radius 1 is 1.47 bits per heavy atom. The molecule has 1 fully saturated rings. The quantitative estimate of drug-likeness (QED) is 0.604. The SMILES string of the molecule is CN=C(NCCn1ccnc1)NC1CCCC1. The van der Waals surface area contributed by atoms with Crippen LogP contribution in [-0.4, -0.2) is 35.1 Å². The van der Waals surface area contributed by atoms with Gasteiger partial charge in [-0.1, -0.05) is 12.8 Å². The van der Waals surface area contributed by atoms with Crippen molar-refractivity contribution in [3.05, 3.63) is 18.7 Å². The molecular weight excluding hydrogens is 214 g/mol. The number of rotatable bonds is 4. The van der Waals surface area contributed by atoms with Crippen LogP contribution in [0.5, 0.6) is 0 Å². The molecule has 0 spiro atoms. The Hall–Kier alpha value is -1.52. The van der Waals surface area contributed by atoms with Crippen molar-refractivity contribution in [2.45, 2.75) is 38.3 Å². The average Bonchev–Trinajstić information content (AvgIpc) is 3.00. The summed E-state index contributed by atoms with van der Waals surface area (Å²) in [4.78, 5) is 8.25. The van der Waals surface area contributed by atoms with Gasteiger partial charge in [-0.2, -0.15) is 0 Å². The van der Waals surface area contributed by atoms with Crippen molar-refractivity contribution >= 4 is 5.96 Å². The van der Waals surface area contributed by atoms with Gasteiger partial charge in [0.1, 0.15) is 0 Å². The molecule has 1 aromatic heterocycles. The summed E-state index contributed by atoms with van der Waals surface area (Å²) in [6, 6.07) is 0.606. The Bertz CT molecular complexity index is 338. The zero-order chi connectivity index (χ0) is 11.9. The third-order valence-electron chi connectivity index (χ3n) is 3.14. The largest absolute Gasteiger partial charge is 0.355 e. The first-order valence-electron chi connectivity index (χ1n) is 6.31. The van der Waals surface area contributed by atoms with Crippen molar-refractivity contribution in [3.63, 3.8) is 0 Å². The fourth-order valence-electron chi connectivity index (χ4n) is 2.18. The van der Waals surface area contributed by atoms with Gasteiger partial charge in [0.25, 0.3) is 0 Å². The van der Waals surface area contributed by atoms with Gasteiger partial charge in [0.2, 0.25) is 0 Å². The molecule has 1 saturated carbocycles. The highest BCUT2D eigenvalue weighted by atomic mass is 15.2. The molecule has 0 radical (unpaired) electrons. The summed E-state index contributed by atoms with van der Waals surface area (Å²) in [6.07, 6.45) is 10.8. The minimum atomic E-state index is 0.606. The second kappa shape index (κ2) is 6.27. The highest BCUT2D eigenvalue weighted by Gasteiger charge is 2.15. The summed E-state index contributed by atoms with van der Waals surface area (Å²) < 4.78 is 2.05. The Kier molecular flexibility index (Phi) is 4.41. The number of hydrogen-bond donors (Lipinski definition) is 2. The molecule has 2 rings (SSSR count). The van der Waals surface area contributed by atoms with Gasteiger partial charge in [0, 0.05) is 38.6 Å². The van der Waals surface area contributed by atoms with Crippen molar-refractivity contribution < 1.29 is 0 Å². The molecular formula is C12H21N5. The van der Waals surface area contributed by atoms with Crippen LogP contribution in [0.25, 0.3) is 0 Å². The maximum Gasteiger partial charge on any atom is 0.191 e. The number of aliphatic imine (C=N–C) groups is 1. The van der Waals surface area contributed by atoms with Crippen molar-refractivity contribution in [2.75, 3.05) is 13.6 Å². The maximum atomic E-state index is 4.24. The number of guanidine groups is 1. The molecule has 0 atom stereocenters. The minimum Gasteiger partial charge on any atom is -0.355 e.